The van der Waals surface area contributed by atoms with E-state index in [1.54, 1.807) is 18.2 Å². The zero-order chi connectivity index (χ0) is 20.3. The molecule has 3 rings (SSSR count). The molecule has 0 aliphatic rings. The lowest BCUT2D eigenvalue weighted by Crippen LogP contribution is -2.28. The van der Waals surface area contributed by atoms with Crippen LogP contribution in [0.5, 0.6) is 11.5 Å². The molecular weight excluding hydrogens is 368 g/mol. The van der Waals surface area contributed by atoms with E-state index in [4.69, 9.17) is 9.47 Å². The van der Waals surface area contributed by atoms with E-state index in [9.17, 15) is 19.7 Å². The number of nitrogens with zero attached hydrogens (tertiary/aromatic N) is 3. The first-order valence-electron chi connectivity index (χ1n) is 8.08. The second kappa shape index (κ2) is 7.74. The van der Waals surface area contributed by atoms with Crippen LogP contribution in [0.1, 0.15) is 0 Å². The minimum Gasteiger partial charge on any atom is -0.497 e. The average Bonchev–Trinajstić information content (AvgIpc) is 2.69. The number of hydrogen-bond acceptors (Lipinski definition) is 7. The number of hydrogen-bond donors (Lipinski definition) is 1. The topological polar surface area (TPSA) is 126 Å². The second-order valence-corrected chi connectivity index (χ2v) is 5.75. The zero-order valence-electron chi connectivity index (χ0n) is 15.0. The van der Waals surface area contributed by atoms with Gasteiger partial charge < -0.3 is 14.8 Å². The number of nitro benzene ring substituents is 1. The van der Waals surface area contributed by atoms with Crippen LogP contribution < -0.4 is 20.3 Å². The van der Waals surface area contributed by atoms with Crippen molar-refractivity contribution in [1.29, 1.82) is 0 Å². The summed E-state index contributed by atoms with van der Waals surface area (Å²) in [5, 5.41) is 13.6. The number of rotatable bonds is 6. The highest BCUT2D eigenvalue weighted by Gasteiger charge is 2.14. The van der Waals surface area contributed by atoms with Gasteiger partial charge in [0.15, 0.2) is 0 Å². The van der Waals surface area contributed by atoms with Crippen molar-refractivity contribution < 1.29 is 19.2 Å². The predicted octanol–water partition coefficient (Wildman–Crippen LogP) is 1.96. The van der Waals surface area contributed by atoms with Crippen molar-refractivity contribution in [2.45, 2.75) is 6.54 Å². The molecule has 10 nitrogen and oxygen atoms in total. The number of ether oxygens (including phenoxy) is 2. The van der Waals surface area contributed by atoms with Gasteiger partial charge in [0, 0.05) is 18.2 Å². The van der Waals surface area contributed by atoms with Crippen molar-refractivity contribution in [2.24, 2.45) is 0 Å². The van der Waals surface area contributed by atoms with Crippen molar-refractivity contribution in [1.82, 2.24) is 9.55 Å². The van der Waals surface area contributed by atoms with Gasteiger partial charge in [0.05, 0.1) is 42.1 Å². The molecule has 1 heterocycles. The van der Waals surface area contributed by atoms with Crippen LogP contribution in [0, 0.1) is 10.1 Å². The maximum absolute atomic E-state index is 12.6. The lowest BCUT2D eigenvalue weighted by Gasteiger charge is -2.12. The van der Waals surface area contributed by atoms with Crippen LogP contribution in [-0.4, -0.2) is 34.6 Å². The lowest BCUT2D eigenvalue weighted by molar-refractivity contribution is -0.384. The van der Waals surface area contributed by atoms with Gasteiger partial charge in [-0.2, -0.15) is 0 Å². The van der Waals surface area contributed by atoms with E-state index in [0.29, 0.717) is 22.7 Å². The summed E-state index contributed by atoms with van der Waals surface area (Å²) in [6, 6.07) is 8.70. The Morgan fingerprint density at radius 2 is 2.00 bits per heavy atom. The Morgan fingerprint density at radius 3 is 2.68 bits per heavy atom. The molecule has 0 atom stereocenters. The monoisotopic (exact) mass is 384 g/mol. The number of carbonyl (C=O) groups is 1. The Bertz CT molecular complexity index is 1120. The molecule has 0 unspecified atom stereocenters. The molecular formula is C18H16N4O6. The molecule has 3 aromatic rings. The van der Waals surface area contributed by atoms with Crippen LogP contribution in [0.3, 0.4) is 0 Å². The minimum atomic E-state index is -0.599. The molecule has 1 N–H and O–H groups in total. The molecule has 0 radical (unpaired) electrons. The van der Waals surface area contributed by atoms with E-state index in [2.05, 4.69) is 10.3 Å². The Morgan fingerprint density at radius 1 is 1.21 bits per heavy atom. The Balaban J connectivity index is 1.88. The van der Waals surface area contributed by atoms with Gasteiger partial charge in [-0.15, -0.1) is 0 Å². The summed E-state index contributed by atoms with van der Waals surface area (Å²) in [5.41, 5.74) is -0.0952. The van der Waals surface area contributed by atoms with Gasteiger partial charge in [0.25, 0.3) is 11.2 Å². The van der Waals surface area contributed by atoms with Gasteiger partial charge in [0.2, 0.25) is 5.91 Å². The quantitative estimate of drug-likeness (QED) is 0.508. The Kier molecular flexibility index (Phi) is 5.21. The summed E-state index contributed by atoms with van der Waals surface area (Å²) in [6.07, 6.45) is 1.22. The summed E-state index contributed by atoms with van der Waals surface area (Å²) < 4.78 is 11.4. The van der Waals surface area contributed by atoms with E-state index < -0.39 is 16.4 Å². The van der Waals surface area contributed by atoms with Crippen molar-refractivity contribution >= 4 is 28.2 Å². The fourth-order valence-electron chi connectivity index (χ4n) is 2.63. The zero-order valence-corrected chi connectivity index (χ0v) is 15.0. The highest BCUT2D eigenvalue weighted by atomic mass is 16.6. The average molecular weight is 384 g/mol. The number of aromatic nitrogens is 2. The molecule has 1 aromatic heterocycles. The molecule has 0 aliphatic carbocycles. The summed E-state index contributed by atoms with van der Waals surface area (Å²) in [6.45, 7) is -0.329. The molecule has 0 fully saturated rings. The summed E-state index contributed by atoms with van der Waals surface area (Å²) >= 11 is 0. The molecule has 10 heteroatoms. The number of benzene rings is 2. The third-order valence-electron chi connectivity index (χ3n) is 4.01. The third-order valence-corrected chi connectivity index (χ3v) is 4.01. The van der Waals surface area contributed by atoms with Gasteiger partial charge in [-0.05, 0) is 18.2 Å². The van der Waals surface area contributed by atoms with Crippen molar-refractivity contribution in [3.8, 4) is 11.5 Å². The first-order chi connectivity index (χ1) is 13.4. The molecule has 0 spiro atoms. The fraction of sp³-hybridized carbons (Fsp3) is 0.167. The second-order valence-electron chi connectivity index (χ2n) is 5.75. The molecule has 1 amide bonds. The van der Waals surface area contributed by atoms with E-state index in [1.165, 1.54) is 32.7 Å². The largest absolute Gasteiger partial charge is 0.497 e. The van der Waals surface area contributed by atoms with E-state index in [0.717, 1.165) is 10.6 Å². The first kappa shape index (κ1) is 18.8. The molecule has 0 saturated carbocycles. The van der Waals surface area contributed by atoms with E-state index in [-0.39, 0.29) is 17.6 Å². The van der Waals surface area contributed by atoms with Gasteiger partial charge in [0.1, 0.15) is 18.0 Å². The molecule has 0 aliphatic heterocycles. The van der Waals surface area contributed by atoms with E-state index >= 15 is 0 Å². The number of amides is 1. The van der Waals surface area contributed by atoms with Gasteiger partial charge in [-0.25, -0.2) is 4.98 Å². The summed E-state index contributed by atoms with van der Waals surface area (Å²) in [5.74, 6) is 0.446. The highest BCUT2D eigenvalue weighted by molar-refractivity contribution is 5.92. The molecule has 0 bridgehead atoms. The summed E-state index contributed by atoms with van der Waals surface area (Å²) in [7, 11) is 2.95. The number of nitro groups is 1. The molecule has 28 heavy (non-hydrogen) atoms. The lowest BCUT2D eigenvalue weighted by atomic mass is 10.2. The number of anilines is 1. The van der Waals surface area contributed by atoms with E-state index in [1.807, 2.05) is 0 Å². The predicted molar refractivity (Wildman–Crippen MR) is 101 cm³/mol. The Hall–Kier alpha value is -3.95. The van der Waals surface area contributed by atoms with Gasteiger partial charge in [-0.3, -0.25) is 24.3 Å². The first-order valence-corrected chi connectivity index (χ1v) is 8.08. The maximum Gasteiger partial charge on any atom is 0.270 e. The van der Waals surface area contributed by atoms with Crippen LogP contribution in [0.15, 0.2) is 47.5 Å². The number of fused-ring (bicyclic) bond motifs is 1. The number of carbonyl (C=O) groups excluding carboxylic acids is 1. The molecule has 144 valence electrons. The fourth-order valence-corrected chi connectivity index (χ4v) is 2.63. The highest BCUT2D eigenvalue weighted by Crippen LogP contribution is 2.28. The number of non-ortho nitro benzene ring substituents is 1. The van der Waals surface area contributed by atoms with Crippen molar-refractivity contribution in [3.63, 3.8) is 0 Å². The van der Waals surface area contributed by atoms with Crippen LogP contribution >= 0.6 is 0 Å². The van der Waals surface area contributed by atoms with Gasteiger partial charge >= 0.3 is 0 Å². The SMILES string of the molecule is COc1ccc(OC)c(NC(=O)Cn2cnc3ccc([N+](=O)[O-])cc3c2=O)c1. The number of nitrogens with one attached hydrogen (secondary N) is 1. The van der Waals surface area contributed by atoms with Crippen LogP contribution in [0.2, 0.25) is 0 Å². The third kappa shape index (κ3) is 3.75. The maximum atomic E-state index is 12.6. The van der Waals surface area contributed by atoms with Gasteiger partial charge in [-0.1, -0.05) is 0 Å². The van der Waals surface area contributed by atoms with Crippen molar-refractivity contribution in [2.75, 3.05) is 19.5 Å². The minimum absolute atomic E-state index is 0.0588. The molecule has 0 saturated heterocycles. The standard InChI is InChI=1S/C18H16N4O6/c1-27-12-4-6-16(28-2)15(8-12)20-17(23)9-21-10-19-14-5-3-11(22(25)26)7-13(14)18(21)24/h3-8,10H,9H2,1-2H3,(H,20,23). The molecule has 2 aromatic carbocycles. The van der Waals surface area contributed by atoms with Crippen LogP contribution in [0.25, 0.3) is 10.9 Å². The Labute approximate surface area is 158 Å². The van der Waals surface area contributed by atoms with Crippen LogP contribution in [0.4, 0.5) is 11.4 Å². The smallest absolute Gasteiger partial charge is 0.270 e. The number of methoxy groups -OCH3 is 2. The van der Waals surface area contributed by atoms with Crippen molar-refractivity contribution in [3.05, 3.63) is 63.2 Å². The summed E-state index contributed by atoms with van der Waals surface area (Å²) in [4.78, 5) is 39.4. The van der Waals surface area contributed by atoms with Crippen LogP contribution in [-0.2, 0) is 11.3 Å². The normalized spacial score (nSPS) is 10.5.